The summed E-state index contributed by atoms with van der Waals surface area (Å²) in [6.45, 7) is 7.39. The number of aromatic nitrogens is 1. The van der Waals surface area contributed by atoms with Gasteiger partial charge in [0.25, 0.3) is 0 Å². The van der Waals surface area contributed by atoms with E-state index >= 15 is 0 Å². The number of piperidine rings is 1. The fourth-order valence-electron chi connectivity index (χ4n) is 3.30. The highest BCUT2D eigenvalue weighted by molar-refractivity contribution is 5.27. The van der Waals surface area contributed by atoms with Crippen molar-refractivity contribution in [2.45, 2.75) is 38.8 Å². The number of hydrogen-bond acceptors (Lipinski definition) is 4. The van der Waals surface area contributed by atoms with Crippen LogP contribution in [0.15, 0.2) is 12.1 Å². The monoisotopic (exact) mass is 261 g/mol. The van der Waals surface area contributed by atoms with Crippen LogP contribution in [0.3, 0.4) is 0 Å². The fraction of sp³-hybridized carbons (Fsp3) is 0.667. The molecule has 2 aliphatic rings. The van der Waals surface area contributed by atoms with Gasteiger partial charge in [-0.25, -0.2) is 0 Å². The molecule has 4 heteroatoms. The summed E-state index contributed by atoms with van der Waals surface area (Å²) in [6.07, 6.45) is 4.05. The summed E-state index contributed by atoms with van der Waals surface area (Å²) in [4.78, 5) is 9.53. The van der Waals surface area contributed by atoms with Gasteiger partial charge in [-0.3, -0.25) is 14.8 Å². The highest BCUT2D eigenvalue weighted by Crippen LogP contribution is 2.23. The standard InChI is InChI=1S/C15H23N3O/c1-12-5-6-15(19)14(16-12)11-17-8-9-18-7-3-2-4-13(18)10-17/h5-6,13,19H,2-4,7-11H2,1H3. The number of pyridine rings is 1. The summed E-state index contributed by atoms with van der Waals surface area (Å²) < 4.78 is 0. The van der Waals surface area contributed by atoms with Gasteiger partial charge in [0, 0.05) is 37.9 Å². The normalized spacial score (nSPS) is 25.2. The number of rotatable bonds is 2. The molecule has 1 N–H and O–H groups in total. The largest absolute Gasteiger partial charge is 0.506 e. The maximum atomic E-state index is 9.90. The van der Waals surface area contributed by atoms with Crippen LogP contribution in [0.1, 0.15) is 30.7 Å². The first-order valence-electron chi connectivity index (χ1n) is 7.34. The molecule has 3 rings (SSSR count). The van der Waals surface area contributed by atoms with Crippen LogP contribution in [0.4, 0.5) is 0 Å². The second-order valence-corrected chi connectivity index (χ2v) is 5.84. The molecule has 104 valence electrons. The Balaban J connectivity index is 1.65. The molecule has 0 saturated carbocycles. The second-order valence-electron chi connectivity index (χ2n) is 5.84. The summed E-state index contributed by atoms with van der Waals surface area (Å²) in [6, 6.07) is 4.33. The molecule has 0 aromatic carbocycles. The van der Waals surface area contributed by atoms with Gasteiger partial charge in [0.1, 0.15) is 5.75 Å². The minimum absolute atomic E-state index is 0.330. The summed E-state index contributed by atoms with van der Waals surface area (Å²) in [5.74, 6) is 0.330. The maximum absolute atomic E-state index is 9.90. The van der Waals surface area contributed by atoms with Crippen molar-refractivity contribution in [1.82, 2.24) is 14.8 Å². The van der Waals surface area contributed by atoms with Crippen molar-refractivity contribution >= 4 is 0 Å². The third kappa shape index (κ3) is 2.90. The molecule has 0 bridgehead atoms. The first kappa shape index (κ1) is 12.9. The zero-order valence-corrected chi connectivity index (χ0v) is 11.7. The van der Waals surface area contributed by atoms with E-state index in [-0.39, 0.29) is 0 Å². The van der Waals surface area contributed by atoms with Crippen LogP contribution in [0.2, 0.25) is 0 Å². The summed E-state index contributed by atoms with van der Waals surface area (Å²) >= 11 is 0. The van der Waals surface area contributed by atoms with Crippen molar-refractivity contribution in [2.75, 3.05) is 26.2 Å². The molecule has 1 aromatic rings. The molecule has 0 amide bonds. The Labute approximate surface area is 115 Å². The Morgan fingerprint density at radius 1 is 1.26 bits per heavy atom. The van der Waals surface area contributed by atoms with Crippen LogP contribution in [0.5, 0.6) is 5.75 Å². The molecular formula is C15H23N3O. The zero-order chi connectivity index (χ0) is 13.2. The van der Waals surface area contributed by atoms with Gasteiger partial charge in [0.2, 0.25) is 0 Å². The van der Waals surface area contributed by atoms with E-state index in [1.54, 1.807) is 6.07 Å². The lowest BCUT2D eigenvalue weighted by molar-refractivity contribution is 0.0447. The minimum atomic E-state index is 0.330. The Kier molecular flexibility index (Phi) is 3.71. The smallest absolute Gasteiger partial charge is 0.138 e. The van der Waals surface area contributed by atoms with Crippen LogP contribution < -0.4 is 0 Å². The molecule has 2 saturated heterocycles. The zero-order valence-electron chi connectivity index (χ0n) is 11.7. The molecule has 0 aliphatic carbocycles. The molecule has 0 spiro atoms. The Bertz CT molecular complexity index is 449. The van der Waals surface area contributed by atoms with Crippen LogP contribution in [-0.2, 0) is 6.54 Å². The molecule has 19 heavy (non-hydrogen) atoms. The molecule has 1 atom stereocenters. The first-order valence-corrected chi connectivity index (χ1v) is 7.34. The second kappa shape index (κ2) is 5.47. The minimum Gasteiger partial charge on any atom is -0.506 e. The number of aromatic hydroxyl groups is 1. The number of hydrogen-bond donors (Lipinski definition) is 1. The number of nitrogens with zero attached hydrogens (tertiary/aromatic N) is 3. The van der Waals surface area contributed by atoms with E-state index in [1.165, 1.54) is 25.8 Å². The lowest BCUT2D eigenvalue weighted by Crippen LogP contribution is -2.54. The van der Waals surface area contributed by atoms with E-state index in [2.05, 4.69) is 14.8 Å². The average Bonchev–Trinajstić information content (AvgIpc) is 2.43. The average molecular weight is 261 g/mol. The molecule has 0 radical (unpaired) electrons. The highest BCUT2D eigenvalue weighted by atomic mass is 16.3. The van der Waals surface area contributed by atoms with Crippen LogP contribution in [-0.4, -0.2) is 52.1 Å². The van der Waals surface area contributed by atoms with Gasteiger partial charge in [0.05, 0.1) is 5.69 Å². The lowest BCUT2D eigenvalue weighted by atomic mass is 9.99. The lowest BCUT2D eigenvalue weighted by Gasteiger charge is -2.44. The Morgan fingerprint density at radius 3 is 3.05 bits per heavy atom. The van der Waals surface area contributed by atoms with Gasteiger partial charge in [-0.05, 0) is 38.4 Å². The molecule has 1 aromatic heterocycles. The van der Waals surface area contributed by atoms with Gasteiger partial charge >= 0.3 is 0 Å². The van der Waals surface area contributed by atoms with Crippen molar-refractivity contribution in [3.63, 3.8) is 0 Å². The van der Waals surface area contributed by atoms with Gasteiger partial charge in [-0.2, -0.15) is 0 Å². The van der Waals surface area contributed by atoms with Crippen LogP contribution >= 0.6 is 0 Å². The topological polar surface area (TPSA) is 39.6 Å². The highest BCUT2D eigenvalue weighted by Gasteiger charge is 2.29. The van der Waals surface area contributed by atoms with Gasteiger partial charge in [-0.1, -0.05) is 6.42 Å². The molecule has 1 unspecified atom stereocenters. The molecule has 2 aliphatic heterocycles. The van der Waals surface area contributed by atoms with Gasteiger partial charge < -0.3 is 5.11 Å². The first-order chi connectivity index (χ1) is 9.22. The van der Waals surface area contributed by atoms with E-state index < -0.39 is 0 Å². The van der Waals surface area contributed by atoms with Gasteiger partial charge in [-0.15, -0.1) is 0 Å². The molecule has 3 heterocycles. The SMILES string of the molecule is Cc1ccc(O)c(CN2CCN3CCCCC3C2)n1. The van der Waals surface area contributed by atoms with Crippen molar-refractivity contribution in [3.05, 3.63) is 23.5 Å². The third-order valence-corrected chi connectivity index (χ3v) is 4.38. The Hall–Kier alpha value is -1.13. The predicted molar refractivity (Wildman–Crippen MR) is 75.1 cm³/mol. The van der Waals surface area contributed by atoms with Crippen molar-refractivity contribution in [2.24, 2.45) is 0 Å². The van der Waals surface area contributed by atoms with Crippen molar-refractivity contribution in [1.29, 1.82) is 0 Å². The van der Waals surface area contributed by atoms with Gasteiger partial charge in [0.15, 0.2) is 0 Å². The number of aryl methyl sites for hydroxylation is 1. The van der Waals surface area contributed by atoms with E-state index in [1.807, 2.05) is 13.0 Å². The van der Waals surface area contributed by atoms with E-state index in [0.29, 0.717) is 5.75 Å². The summed E-state index contributed by atoms with van der Waals surface area (Å²) in [5, 5.41) is 9.90. The molecular weight excluding hydrogens is 238 g/mol. The van der Waals surface area contributed by atoms with Crippen molar-refractivity contribution in [3.8, 4) is 5.75 Å². The van der Waals surface area contributed by atoms with E-state index in [4.69, 9.17) is 0 Å². The maximum Gasteiger partial charge on any atom is 0.138 e. The number of piperazine rings is 1. The quantitative estimate of drug-likeness (QED) is 0.880. The summed E-state index contributed by atoms with van der Waals surface area (Å²) in [5.41, 5.74) is 1.80. The van der Waals surface area contributed by atoms with Crippen LogP contribution in [0.25, 0.3) is 0 Å². The van der Waals surface area contributed by atoms with Crippen molar-refractivity contribution < 1.29 is 5.11 Å². The molecule has 4 nitrogen and oxygen atoms in total. The fourth-order valence-corrected chi connectivity index (χ4v) is 3.30. The van der Waals surface area contributed by atoms with Crippen LogP contribution in [0, 0.1) is 6.92 Å². The Morgan fingerprint density at radius 2 is 2.16 bits per heavy atom. The third-order valence-electron chi connectivity index (χ3n) is 4.38. The number of fused-ring (bicyclic) bond motifs is 1. The predicted octanol–water partition coefficient (Wildman–Crippen LogP) is 1.77. The van der Waals surface area contributed by atoms with E-state index in [0.717, 1.165) is 43.6 Å². The molecule has 2 fully saturated rings. The van der Waals surface area contributed by atoms with E-state index in [9.17, 15) is 5.11 Å². The summed E-state index contributed by atoms with van der Waals surface area (Å²) in [7, 11) is 0.